The minimum Gasteiger partial charge on any atom is -0.467 e. The first-order valence-corrected chi connectivity index (χ1v) is 11.0. The third-order valence-electron chi connectivity index (χ3n) is 5.55. The number of nitrogens with one attached hydrogen (secondary N) is 1. The SMILES string of the molecule is O=C(Nc1ccc2c(c1)N(Cc1cc(F)cc3c1OCOC3)C(=O)/C2=N\O)c1ccccc1Br. The molecule has 3 aromatic carbocycles. The Hall–Kier alpha value is -3.76. The molecule has 0 atom stereocenters. The van der Waals surface area contributed by atoms with E-state index in [1.54, 1.807) is 42.5 Å². The molecule has 3 aromatic rings. The highest BCUT2D eigenvalue weighted by Crippen LogP contribution is 2.37. The van der Waals surface area contributed by atoms with E-state index in [4.69, 9.17) is 9.47 Å². The van der Waals surface area contributed by atoms with Crippen LogP contribution in [0.3, 0.4) is 0 Å². The number of hydrogen-bond acceptors (Lipinski definition) is 6. The van der Waals surface area contributed by atoms with Crippen LogP contribution in [-0.4, -0.2) is 29.5 Å². The maximum absolute atomic E-state index is 14.2. The molecule has 0 saturated carbocycles. The van der Waals surface area contributed by atoms with E-state index in [9.17, 15) is 19.2 Å². The van der Waals surface area contributed by atoms with Crippen LogP contribution in [-0.2, 0) is 22.7 Å². The van der Waals surface area contributed by atoms with Crippen LogP contribution in [0.2, 0.25) is 0 Å². The minimum atomic E-state index is -0.558. The largest absolute Gasteiger partial charge is 0.467 e. The van der Waals surface area contributed by atoms with Gasteiger partial charge in [0.1, 0.15) is 11.6 Å². The first-order chi connectivity index (χ1) is 16.5. The number of rotatable bonds is 4. The Kier molecular flexibility index (Phi) is 5.76. The average molecular weight is 526 g/mol. The number of anilines is 2. The van der Waals surface area contributed by atoms with Gasteiger partial charge in [-0.2, -0.15) is 0 Å². The molecule has 2 N–H and O–H groups in total. The minimum absolute atomic E-state index is 0.0186. The Balaban J connectivity index is 1.50. The predicted molar refractivity (Wildman–Crippen MR) is 125 cm³/mol. The number of nitrogens with zero attached hydrogens (tertiary/aromatic N) is 2. The summed E-state index contributed by atoms with van der Waals surface area (Å²) in [5.74, 6) is -0.932. The van der Waals surface area contributed by atoms with E-state index in [0.29, 0.717) is 43.9 Å². The molecular weight excluding hydrogens is 509 g/mol. The van der Waals surface area contributed by atoms with Gasteiger partial charge in [0.25, 0.3) is 11.8 Å². The maximum atomic E-state index is 14.2. The van der Waals surface area contributed by atoms with Crippen LogP contribution in [0.5, 0.6) is 5.75 Å². The summed E-state index contributed by atoms with van der Waals surface area (Å²) in [5, 5.41) is 15.4. The average Bonchev–Trinajstić information content (AvgIpc) is 3.09. The van der Waals surface area contributed by atoms with Crippen molar-refractivity contribution in [2.24, 2.45) is 5.16 Å². The van der Waals surface area contributed by atoms with Crippen LogP contribution in [0.4, 0.5) is 15.8 Å². The fourth-order valence-corrected chi connectivity index (χ4v) is 4.49. The van der Waals surface area contributed by atoms with E-state index >= 15 is 0 Å². The second-order valence-corrected chi connectivity index (χ2v) is 8.52. The summed E-state index contributed by atoms with van der Waals surface area (Å²) in [4.78, 5) is 27.1. The molecule has 8 nitrogen and oxygen atoms in total. The zero-order valence-electron chi connectivity index (χ0n) is 17.5. The number of ether oxygens (including phenoxy) is 2. The molecule has 2 aliphatic heterocycles. The van der Waals surface area contributed by atoms with Crippen LogP contribution in [0.1, 0.15) is 27.0 Å². The highest BCUT2D eigenvalue weighted by molar-refractivity contribution is 9.10. The van der Waals surface area contributed by atoms with E-state index in [2.05, 4.69) is 26.4 Å². The molecule has 0 bridgehead atoms. The zero-order valence-corrected chi connectivity index (χ0v) is 19.1. The van der Waals surface area contributed by atoms with Crippen LogP contribution in [0.25, 0.3) is 0 Å². The second kappa shape index (κ2) is 8.88. The first kappa shape index (κ1) is 22.1. The normalized spacial score (nSPS) is 15.6. The monoisotopic (exact) mass is 525 g/mol. The zero-order chi connectivity index (χ0) is 23.8. The van der Waals surface area contributed by atoms with Crippen LogP contribution in [0.15, 0.2) is 64.2 Å². The molecule has 0 fully saturated rings. The molecule has 2 amide bonds. The lowest BCUT2D eigenvalue weighted by atomic mass is 10.1. The number of amides is 2. The first-order valence-electron chi connectivity index (χ1n) is 10.2. The molecule has 0 saturated heterocycles. The van der Waals surface area contributed by atoms with Crippen molar-refractivity contribution in [3.05, 3.63) is 87.1 Å². The number of halogens is 2. The predicted octanol–water partition coefficient (Wildman–Crippen LogP) is 4.43. The van der Waals surface area contributed by atoms with E-state index in [1.807, 2.05) is 0 Å². The van der Waals surface area contributed by atoms with Crippen molar-refractivity contribution in [2.75, 3.05) is 17.0 Å². The number of benzene rings is 3. The number of carbonyl (C=O) groups excluding carboxylic acids is 2. The highest BCUT2D eigenvalue weighted by atomic mass is 79.9. The molecule has 172 valence electrons. The lowest BCUT2D eigenvalue weighted by Gasteiger charge is -2.24. The molecule has 0 aromatic heterocycles. The molecule has 5 rings (SSSR count). The quantitative estimate of drug-likeness (QED) is 0.387. The Morgan fingerprint density at radius 2 is 2.03 bits per heavy atom. The van der Waals surface area contributed by atoms with Gasteiger partial charge in [0.05, 0.1) is 24.4 Å². The summed E-state index contributed by atoms with van der Waals surface area (Å²) in [6.45, 7) is 0.177. The van der Waals surface area contributed by atoms with E-state index in [0.717, 1.165) is 0 Å². The highest BCUT2D eigenvalue weighted by Gasteiger charge is 2.36. The summed E-state index contributed by atoms with van der Waals surface area (Å²) in [6, 6.07) is 14.4. The Bertz CT molecular complexity index is 1360. The molecule has 2 heterocycles. The smallest absolute Gasteiger partial charge is 0.281 e. The van der Waals surface area contributed by atoms with Crippen molar-refractivity contribution >= 4 is 44.8 Å². The van der Waals surface area contributed by atoms with Gasteiger partial charge in [-0.15, -0.1) is 0 Å². The topological polar surface area (TPSA) is 100 Å². The summed E-state index contributed by atoms with van der Waals surface area (Å²) >= 11 is 3.36. The lowest BCUT2D eigenvalue weighted by molar-refractivity contribution is -0.112. The number of carbonyl (C=O) groups is 2. The third kappa shape index (κ3) is 3.91. The summed E-state index contributed by atoms with van der Waals surface area (Å²) in [5.41, 5.74) is 2.52. The van der Waals surface area contributed by atoms with Gasteiger partial charge >= 0.3 is 0 Å². The van der Waals surface area contributed by atoms with Crippen LogP contribution in [0, 0.1) is 5.82 Å². The van der Waals surface area contributed by atoms with Gasteiger partial charge in [-0.1, -0.05) is 17.3 Å². The van der Waals surface area contributed by atoms with Gasteiger partial charge in [-0.25, -0.2) is 4.39 Å². The van der Waals surface area contributed by atoms with E-state index < -0.39 is 11.7 Å². The van der Waals surface area contributed by atoms with Crippen molar-refractivity contribution in [3.63, 3.8) is 0 Å². The van der Waals surface area contributed by atoms with Crippen LogP contribution >= 0.6 is 15.9 Å². The van der Waals surface area contributed by atoms with E-state index in [-0.39, 0.29) is 31.6 Å². The standard InChI is InChI=1S/C24H17BrFN3O5/c25-19-4-2-1-3-17(19)23(30)27-16-5-6-18-20(9-16)29(24(31)21(18)28-32)10-13-7-15(26)8-14-11-33-12-34-22(13)14/h1-9,32H,10-12H2,(H,27,30)/b28-21-. The molecule has 0 aliphatic carbocycles. The summed E-state index contributed by atoms with van der Waals surface area (Å²) in [7, 11) is 0. The van der Waals surface area contributed by atoms with Crippen molar-refractivity contribution in [1.29, 1.82) is 0 Å². The van der Waals surface area contributed by atoms with Gasteiger partial charge in [0.2, 0.25) is 0 Å². The van der Waals surface area contributed by atoms with Gasteiger partial charge in [-0.05, 0) is 58.4 Å². The molecule has 0 spiro atoms. The second-order valence-electron chi connectivity index (χ2n) is 7.67. The molecule has 2 aliphatic rings. The van der Waals surface area contributed by atoms with Crippen molar-refractivity contribution in [2.45, 2.75) is 13.2 Å². The van der Waals surface area contributed by atoms with Gasteiger partial charge < -0.3 is 24.9 Å². The number of oxime groups is 1. The van der Waals surface area contributed by atoms with Gasteiger partial charge in [-0.3, -0.25) is 9.59 Å². The molecule has 10 heteroatoms. The van der Waals surface area contributed by atoms with Gasteiger partial charge in [0, 0.05) is 26.9 Å². The third-order valence-corrected chi connectivity index (χ3v) is 6.24. The summed E-state index contributed by atoms with van der Waals surface area (Å²) in [6.07, 6.45) is 0. The maximum Gasteiger partial charge on any atom is 0.281 e. The Morgan fingerprint density at radius 1 is 1.21 bits per heavy atom. The van der Waals surface area contributed by atoms with Crippen molar-refractivity contribution in [1.82, 2.24) is 0 Å². The Labute approximate surface area is 201 Å². The fourth-order valence-electron chi connectivity index (χ4n) is 4.03. The fraction of sp³-hybridized carbons (Fsp3) is 0.125. The lowest BCUT2D eigenvalue weighted by Crippen LogP contribution is -2.30. The van der Waals surface area contributed by atoms with Crippen molar-refractivity contribution < 1.29 is 28.7 Å². The molecule has 0 unspecified atom stereocenters. The molecule has 34 heavy (non-hydrogen) atoms. The number of hydrogen-bond donors (Lipinski definition) is 2. The Morgan fingerprint density at radius 3 is 2.82 bits per heavy atom. The number of fused-ring (bicyclic) bond motifs is 2. The summed E-state index contributed by atoms with van der Waals surface area (Å²) < 4.78 is 25.7. The van der Waals surface area contributed by atoms with Gasteiger partial charge in [0.15, 0.2) is 12.5 Å². The molecule has 0 radical (unpaired) electrons. The van der Waals surface area contributed by atoms with Crippen LogP contribution < -0.4 is 15.0 Å². The van der Waals surface area contributed by atoms with Crippen molar-refractivity contribution in [3.8, 4) is 5.75 Å². The molecular formula is C24H17BrFN3O5. The van der Waals surface area contributed by atoms with E-state index in [1.165, 1.54) is 17.0 Å².